The number of Topliss-reactive ketones (excluding diaryl/α,β-unsaturated/α-hetero) is 1. The Morgan fingerprint density at radius 2 is 1.93 bits per heavy atom. The fourth-order valence-electron chi connectivity index (χ4n) is 4.29. The van der Waals surface area contributed by atoms with Gasteiger partial charge in [-0.25, -0.2) is 4.39 Å². The Balaban J connectivity index is 1.39. The number of benzene rings is 1. The Morgan fingerprint density at radius 3 is 2.63 bits per heavy atom. The summed E-state index contributed by atoms with van der Waals surface area (Å²) in [6, 6.07) is 10.6. The van der Waals surface area contributed by atoms with E-state index in [9.17, 15) is 14.0 Å². The van der Waals surface area contributed by atoms with E-state index in [1.54, 1.807) is 18.2 Å². The van der Waals surface area contributed by atoms with E-state index in [0.717, 1.165) is 11.1 Å². The van der Waals surface area contributed by atoms with Crippen molar-refractivity contribution < 1.29 is 14.0 Å². The standard InChI is InChI=1S/C21H20ClFN2O2/c22-17-4-2-1-3-15(17)11-16(26)9-14-5-8-24-18(10-14)19(27)25-21-7-6-20(23,12-21)13-21/h1-5,8,10H,6-7,9,11-13H2,(H,25,27). The second-order valence-electron chi connectivity index (χ2n) is 7.77. The van der Waals surface area contributed by atoms with E-state index in [1.807, 2.05) is 18.2 Å². The van der Waals surface area contributed by atoms with Crippen LogP contribution in [0, 0.1) is 0 Å². The summed E-state index contributed by atoms with van der Waals surface area (Å²) in [6.07, 6.45) is 3.93. The van der Waals surface area contributed by atoms with E-state index in [4.69, 9.17) is 11.6 Å². The van der Waals surface area contributed by atoms with Crippen LogP contribution < -0.4 is 5.32 Å². The summed E-state index contributed by atoms with van der Waals surface area (Å²) in [4.78, 5) is 29.0. The van der Waals surface area contributed by atoms with Crippen molar-refractivity contribution in [3.63, 3.8) is 0 Å². The van der Waals surface area contributed by atoms with Crippen LogP contribution in [0.15, 0.2) is 42.6 Å². The zero-order valence-electron chi connectivity index (χ0n) is 14.8. The van der Waals surface area contributed by atoms with Gasteiger partial charge in [-0.3, -0.25) is 14.6 Å². The van der Waals surface area contributed by atoms with Gasteiger partial charge in [-0.05, 0) is 42.2 Å². The summed E-state index contributed by atoms with van der Waals surface area (Å²) in [5, 5.41) is 3.52. The number of nitrogens with zero attached hydrogens (tertiary/aromatic N) is 1. The van der Waals surface area contributed by atoms with Crippen LogP contribution in [0.3, 0.4) is 0 Å². The summed E-state index contributed by atoms with van der Waals surface area (Å²) < 4.78 is 14.0. The van der Waals surface area contributed by atoms with E-state index in [1.165, 1.54) is 6.20 Å². The van der Waals surface area contributed by atoms with Crippen LogP contribution in [-0.2, 0) is 17.6 Å². The number of fused-ring (bicyclic) bond motifs is 1. The number of halogens is 2. The van der Waals surface area contributed by atoms with Crippen molar-refractivity contribution >= 4 is 23.3 Å². The number of hydrogen-bond donors (Lipinski definition) is 1. The third kappa shape index (κ3) is 3.74. The number of alkyl halides is 1. The molecular formula is C21H20ClFN2O2. The van der Waals surface area contributed by atoms with E-state index in [2.05, 4.69) is 10.3 Å². The summed E-state index contributed by atoms with van der Waals surface area (Å²) >= 11 is 6.10. The van der Waals surface area contributed by atoms with Crippen LogP contribution in [-0.4, -0.2) is 27.9 Å². The Kier molecular flexibility index (Phi) is 4.50. The zero-order valence-corrected chi connectivity index (χ0v) is 15.6. The number of aromatic nitrogens is 1. The number of ketones is 1. The maximum Gasteiger partial charge on any atom is 0.270 e. The molecule has 3 saturated carbocycles. The summed E-state index contributed by atoms with van der Waals surface area (Å²) in [5.41, 5.74) is 0.272. The molecule has 27 heavy (non-hydrogen) atoms. The quantitative estimate of drug-likeness (QED) is 0.820. The van der Waals surface area contributed by atoms with Gasteiger partial charge in [0.25, 0.3) is 5.91 Å². The first-order valence-corrected chi connectivity index (χ1v) is 9.46. The van der Waals surface area contributed by atoms with Gasteiger partial charge < -0.3 is 5.32 Å². The smallest absolute Gasteiger partial charge is 0.270 e. The minimum absolute atomic E-state index is 0.0104. The van der Waals surface area contributed by atoms with Gasteiger partial charge in [-0.15, -0.1) is 0 Å². The molecule has 0 saturated heterocycles. The number of carbonyl (C=O) groups excluding carboxylic acids is 2. The second-order valence-corrected chi connectivity index (χ2v) is 8.18. The number of rotatable bonds is 6. The largest absolute Gasteiger partial charge is 0.345 e. The molecule has 3 aliphatic rings. The molecule has 1 heterocycles. The lowest BCUT2D eigenvalue weighted by Crippen LogP contribution is -2.57. The minimum Gasteiger partial charge on any atom is -0.345 e. The third-order valence-corrected chi connectivity index (χ3v) is 5.91. The normalized spacial score (nSPS) is 25.7. The highest BCUT2D eigenvalue weighted by Crippen LogP contribution is 2.57. The van der Waals surface area contributed by atoms with E-state index in [0.29, 0.717) is 30.7 Å². The Morgan fingerprint density at radius 1 is 1.15 bits per heavy atom. The SMILES string of the molecule is O=C(Cc1ccnc(C(=O)NC23CCC(F)(C2)C3)c1)Cc1ccccc1Cl. The van der Waals surface area contributed by atoms with Crippen LogP contribution in [0.1, 0.15) is 47.3 Å². The maximum atomic E-state index is 14.0. The summed E-state index contributed by atoms with van der Waals surface area (Å²) in [5.74, 6) is -0.296. The first kappa shape index (κ1) is 18.1. The average molecular weight is 387 g/mol. The van der Waals surface area contributed by atoms with Crippen LogP contribution in [0.25, 0.3) is 0 Å². The molecule has 4 nitrogen and oxygen atoms in total. The van der Waals surface area contributed by atoms with Gasteiger partial charge in [-0.2, -0.15) is 0 Å². The van der Waals surface area contributed by atoms with E-state index >= 15 is 0 Å². The van der Waals surface area contributed by atoms with Gasteiger partial charge in [0.2, 0.25) is 0 Å². The van der Waals surface area contributed by atoms with E-state index < -0.39 is 11.2 Å². The van der Waals surface area contributed by atoms with Gasteiger partial charge in [-0.1, -0.05) is 29.8 Å². The van der Waals surface area contributed by atoms with Gasteiger partial charge >= 0.3 is 0 Å². The second kappa shape index (κ2) is 6.71. The topological polar surface area (TPSA) is 59.1 Å². The molecule has 1 aromatic carbocycles. The van der Waals surface area contributed by atoms with Crippen molar-refractivity contribution in [2.75, 3.05) is 0 Å². The monoisotopic (exact) mass is 386 g/mol. The van der Waals surface area contributed by atoms with Crippen molar-refractivity contribution in [3.8, 4) is 0 Å². The Labute approximate surface area is 162 Å². The molecule has 2 aromatic rings. The molecule has 3 fully saturated rings. The van der Waals surface area contributed by atoms with Crippen molar-refractivity contribution in [2.24, 2.45) is 0 Å². The molecule has 0 atom stereocenters. The summed E-state index contributed by atoms with van der Waals surface area (Å²) in [7, 11) is 0. The summed E-state index contributed by atoms with van der Waals surface area (Å²) in [6.45, 7) is 0. The number of carbonyl (C=O) groups is 2. The predicted molar refractivity (Wildman–Crippen MR) is 101 cm³/mol. The first-order chi connectivity index (χ1) is 12.9. The van der Waals surface area contributed by atoms with Crippen LogP contribution in [0.5, 0.6) is 0 Å². The molecule has 1 amide bonds. The molecule has 2 bridgehead atoms. The fourth-order valence-corrected chi connectivity index (χ4v) is 4.49. The number of nitrogens with one attached hydrogen (secondary N) is 1. The highest BCUT2D eigenvalue weighted by molar-refractivity contribution is 6.31. The van der Waals surface area contributed by atoms with Crippen molar-refractivity contribution in [3.05, 3.63) is 64.4 Å². The molecule has 0 unspecified atom stereocenters. The molecule has 5 rings (SSSR count). The highest BCUT2D eigenvalue weighted by atomic mass is 35.5. The zero-order chi connectivity index (χ0) is 19.1. The lowest BCUT2D eigenvalue weighted by Gasteiger charge is -2.42. The minimum atomic E-state index is -1.09. The van der Waals surface area contributed by atoms with Gasteiger partial charge in [0.05, 0.1) is 0 Å². The van der Waals surface area contributed by atoms with Crippen molar-refractivity contribution in [1.82, 2.24) is 10.3 Å². The number of pyridine rings is 1. The number of hydrogen-bond acceptors (Lipinski definition) is 3. The maximum absolute atomic E-state index is 14.0. The predicted octanol–water partition coefficient (Wildman–Crippen LogP) is 3.85. The first-order valence-electron chi connectivity index (χ1n) is 9.08. The van der Waals surface area contributed by atoms with Crippen molar-refractivity contribution in [2.45, 2.75) is 49.7 Å². The van der Waals surface area contributed by atoms with Crippen LogP contribution in [0.4, 0.5) is 4.39 Å². The molecule has 140 valence electrons. The van der Waals surface area contributed by atoms with Crippen molar-refractivity contribution in [1.29, 1.82) is 0 Å². The molecule has 3 aliphatic carbocycles. The molecule has 0 aliphatic heterocycles. The van der Waals surface area contributed by atoms with Gasteiger partial charge in [0, 0.05) is 42.4 Å². The lowest BCUT2D eigenvalue weighted by molar-refractivity contribution is -0.117. The Bertz CT molecular complexity index is 909. The molecule has 0 spiro atoms. The molecular weight excluding hydrogens is 367 g/mol. The average Bonchev–Trinajstić information content (AvgIpc) is 3.10. The lowest BCUT2D eigenvalue weighted by atomic mass is 9.75. The van der Waals surface area contributed by atoms with Gasteiger partial charge in [0.1, 0.15) is 17.1 Å². The van der Waals surface area contributed by atoms with Crippen LogP contribution in [0.2, 0.25) is 5.02 Å². The fraction of sp³-hybridized carbons (Fsp3) is 0.381. The molecule has 1 aromatic heterocycles. The molecule has 0 radical (unpaired) electrons. The van der Waals surface area contributed by atoms with Gasteiger partial charge in [0.15, 0.2) is 0 Å². The Hall–Kier alpha value is -2.27. The highest BCUT2D eigenvalue weighted by Gasteiger charge is 2.62. The third-order valence-electron chi connectivity index (χ3n) is 5.54. The van der Waals surface area contributed by atoms with E-state index in [-0.39, 0.29) is 30.2 Å². The number of amides is 1. The van der Waals surface area contributed by atoms with Crippen LogP contribution >= 0.6 is 11.6 Å². The molecule has 6 heteroatoms. The molecule has 1 N–H and O–H groups in total.